The first-order valence-electron chi connectivity index (χ1n) is 16.7. The van der Waals surface area contributed by atoms with Gasteiger partial charge in [-0.2, -0.15) is 5.26 Å². The molecule has 0 amide bonds. The maximum absolute atomic E-state index is 14.6. The van der Waals surface area contributed by atoms with Crippen molar-refractivity contribution in [1.29, 1.82) is 5.26 Å². The van der Waals surface area contributed by atoms with E-state index in [1.54, 1.807) is 49.8 Å². The molecule has 2 aromatic carbocycles. The summed E-state index contributed by atoms with van der Waals surface area (Å²) < 4.78 is 21.0. The average molecular weight is 752 g/mol. The van der Waals surface area contributed by atoms with Crippen molar-refractivity contribution in [2.24, 2.45) is 0 Å². The van der Waals surface area contributed by atoms with E-state index in [4.69, 9.17) is 37.6 Å². The summed E-state index contributed by atoms with van der Waals surface area (Å²) in [4.78, 5) is 18.3. The van der Waals surface area contributed by atoms with Gasteiger partial charge in [-0.25, -0.2) is 14.4 Å². The van der Waals surface area contributed by atoms with Gasteiger partial charge in [-0.15, -0.1) is 11.6 Å². The Morgan fingerprint density at radius 2 is 1.85 bits per heavy atom. The molecular weight excluding hydrogens is 718 g/mol. The monoisotopic (exact) mass is 750 g/mol. The van der Waals surface area contributed by atoms with Crippen molar-refractivity contribution >= 4 is 62.3 Å². The van der Waals surface area contributed by atoms with Gasteiger partial charge in [0.1, 0.15) is 17.1 Å². The van der Waals surface area contributed by atoms with Gasteiger partial charge >= 0.3 is 0 Å². The maximum Gasteiger partial charge on any atom is 0.227 e. The van der Waals surface area contributed by atoms with Gasteiger partial charge < -0.3 is 30.6 Å². The minimum Gasteiger partial charge on any atom is -0.436 e. The Kier molecular flexibility index (Phi) is 10.4. The number of allylic oxidation sites excluding steroid dienone is 2. The van der Waals surface area contributed by atoms with E-state index in [0.29, 0.717) is 50.9 Å². The molecule has 0 saturated heterocycles. The molecule has 0 aliphatic heterocycles. The van der Waals surface area contributed by atoms with Crippen molar-refractivity contribution in [2.45, 2.75) is 37.0 Å². The summed E-state index contributed by atoms with van der Waals surface area (Å²) in [7, 11) is 0. The SMILES string of the molecule is Cc1nccc(NCc2cnc3c(NC4(c5nc6cc(CNC(CO)CO)cc(C#N)c6o5)C=CC=C(c5ccccc5Cl)C4Cl)nccc3c2)c1F. The molecule has 14 heteroatoms. The number of halogens is 3. The van der Waals surface area contributed by atoms with E-state index in [-0.39, 0.29) is 36.8 Å². The summed E-state index contributed by atoms with van der Waals surface area (Å²) in [5, 5.41) is 39.3. The van der Waals surface area contributed by atoms with Crippen LogP contribution in [0.3, 0.4) is 0 Å². The molecule has 4 aromatic heterocycles. The second-order valence-electron chi connectivity index (χ2n) is 12.6. The Morgan fingerprint density at radius 1 is 1.04 bits per heavy atom. The van der Waals surface area contributed by atoms with Gasteiger partial charge in [0.15, 0.2) is 22.8 Å². The lowest BCUT2D eigenvalue weighted by molar-refractivity contribution is 0.170. The third kappa shape index (κ3) is 7.05. The van der Waals surface area contributed by atoms with Crippen molar-refractivity contribution in [3.8, 4) is 6.07 Å². The highest BCUT2D eigenvalue weighted by Gasteiger charge is 2.47. The molecule has 5 N–H and O–H groups in total. The van der Waals surface area contributed by atoms with Crippen LogP contribution in [-0.4, -0.2) is 54.8 Å². The van der Waals surface area contributed by atoms with Crippen LogP contribution in [0, 0.1) is 24.1 Å². The third-order valence-electron chi connectivity index (χ3n) is 9.08. The molecule has 53 heavy (non-hydrogen) atoms. The van der Waals surface area contributed by atoms with E-state index in [0.717, 1.165) is 16.5 Å². The Hall–Kier alpha value is -5.42. The molecule has 1 aliphatic carbocycles. The van der Waals surface area contributed by atoms with Gasteiger partial charge in [-0.3, -0.25) is 9.97 Å². The number of hydrogen-bond acceptors (Lipinski definition) is 11. The molecule has 0 radical (unpaired) electrons. The summed E-state index contributed by atoms with van der Waals surface area (Å²) in [5.74, 6) is 0.149. The van der Waals surface area contributed by atoms with Crippen LogP contribution in [0.25, 0.3) is 27.6 Å². The number of aromatic nitrogens is 4. The molecule has 6 aromatic rings. The van der Waals surface area contributed by atoms with E-state index in [1.807, 2.05) is 48.6 Å². The number of benzene rings is 2. The highest BCUT2D eigenvalue weighted by atomic mass is 35.5. The van der Waals surface area contributed by atoms with Gasteiger partial charge in [-0.1, -0.05) is 42.0 Å². The highest BCUT2D eigenvalue weighted by Crippen LogP contribution is 2.46. The topological polar surface area (TPSA) is 165 Å². The van der Waals surface area contributed by atoms with Crippen molar-refractivity contribution < 1.29 is 19.0 Å². The number of aliphatic hydroxyl groups is 2. The van der Waals surface area contributed by atoms with E-state index >= 15 is 0 Å². The van der Waals surface area contributed by atoms with Gasteiger partial charge in [-0.05, 0) is 71.7 Å². The molecule has 0 fully saturated rings. The minimum absolute atomic E-state index is 0.167. The minimum atomic E-state index is -1.37. The number of rotatable bonds is 12. The fraction of sp³-hybridized carbons (Fsp3) is 0.205. The normalized spacial score (nSPS) is 16.9. The standard InChI is InChI=1S/C39H33Cl2FN8O3/c1-22-33(42)31(9-12-44-22)47-18-24-14-25-8-11-45-37(34(25)48-19-24)50-39(10-4-6-29(36(39)41)28-5-2-3-7-30(28)40)38-49-32-15-23(17-46-27(20-51)21-52)13-26(16-43)35(32)53-38/h2-15,19,27,36,46,51-52H,17-18,20-21H2,1H3,(H,44,47)(H,45,50). The van der Waals surface area contributed by atoms with Crippen LogP contribution < -0.4 is 16.0 Å². The van der Waals surface area contributed by atoms with E-state index in [9.17, 15) is 19.9 Å². The number of nitrogens with zero attached hydrogens (tertiary/aromatic N) is 5. The summed E-state index contributed by atoms with van der Waals surface area (Å²) in [6.07, 6.45) is 10.4. The van der Waals surface area contributed by atoms with Crippen LogP contribution >= 0.6 is 23.2 Å². The van der Waals surface area contributed by atoms with Gasteiger partial charge in [0.2, 0.25) is 5.89 Å². The van der Waals surface area contributed by atoms with E-state index in [2.05, 4.69) is 32.0 Å². The number of oxazole rings is 1. The summed E-state index contributed by atoms with van der Waals surface area (Å²) >= 11 is 14.2. The van der Waals surface area contributed by atoms with Gasteiger partial charge in [0.05, 0.1) is 41.6 Å². The lowest BCUT2D eigenvalue weighted by atomic mass is 9.82. The molecule has 4 heterocycles. The van der Waals surface area contributed by atoms with Crippen LogP contribution in [-0.2, 0) is 18.6 Å². The molecular formula is C39H33Cl2FN8O3. The molecule has 268 valence electrons. The molecule has 0 spiro atoms. The molecule has 7 rings (SSSR count). The summed E-state index contributed by atoms with van der Waals surface area (Å²) in [6.45, 7) is 1.69. The zero-order chi connectivity index (χ0) is 37.1. The smallest absolute Gasteiger partial charge is 0.227 e. The number of pyridine rings is 3. The van der Waals surface area contributed by atoms with Gasteiger partial charge in [0, 0.05) is 42.1 Å². The molecule has 1 aliphatic rings. The highest BCUT2D eigenvalue weighted by molar-refractivity contribution is 6.34. The first-order valence-corrected chi connectivity index (χ1v) is 17.5. The predicted octanol–water partition coefficient (Wildman–Crippen LogP) is 6.76. The number of fused-ring (bicyclic) bond motifs is 2. The molecule has 2 atom stereocenters. The number of hydrogen-bond donors (Lipinski definition) is 5. The molecule has 0 saturated carbocycles. The second kappa shape index (κ2) is 15.3. The Labute approximate surface area is 313 Å². The van der Waals surface area contributed by atoms with Crippen LogP contribution in [0.5, 0.6) is 0 Å². The number of alkyl halides is 1. The van der Waals surface area contributed by atoms with Crippen molar-refractivity contribution in [1.82, 2.24) is 25.3 Å². The number of anilines is 2. The molecule has 2 unspecified atom stereocenters. The lowest BCUT2D eigenvalue weighted by Gasteiger charge is -2.37. The quantitative estimate of drug-likeness (QED) is 0.0840. The number of aryl methyl sites for hydroxylation is 1. The number of nitriles is 1. The largest absolute Gasteiger partial charge is 0.436 e. The fourth-order valence-electron chi connectivity index (χ4n) is 6.25. The summed E-state index contributed by atoms with van der Waals surface area (Å²) in [5.41, 5.74) is 3.67. The van der Waals surface area contributed by atoms with E-state index in [1.165, 1.54) is 0 Å². The van der Waals surface area contributed by atoms with Crippen LogP contribution in [0.1, 0.15) is 33.8 Å². The third-order valence-corrected chi connectivity index (χ3v) is 9.99. The lowest BCUT2D eigenvalue weighted by Crippen LogP contribution is -2.44. The first kappa shape index (κ1) is 36.0. The zero-order valence-corrected chi connectivity index (χ0v) is 29.8. The van der Waals surface area contributed by atoms with Crippen LogP contribution in [0.4, 0.5) is 15.9 Å². The maximum atomic E-state index is 14.6. The average Bonchev–Trinajstić information content (AvgIpc) is 3.62. The van der Waals surface area contributed by atoms with Crippen molar-refractivity contribution in [3.05, 3.63) is 136 Å². The first-order chi connectivity index (χ1) is 25.7. The molecule has 11 nitrogen and oxygen atoms in total. The van der Waals surface area contributed by atoms with Crippen LogP contribution in [0.2, 0.25) is 5.02 Å². The summed E-state index contributed by atoms with van der Waals surface area (Å²) in [6, 6.07) is 17.9. The van der Waals surface area contributed by atoms with Crippen LogP contribution in [0.15, 0.2) is 95.8 Å². The van der Waals surface area contributed by atoms with Crippen molar-refractivity contribution in [3.63, 3.8) is 0 Å². The predicted molar refractivity (Wildman–Crippen MR) is 203 cm³/mol. The number of aliphatic hydroxyl groups excluding tert-OH is 2. The molecule has 0 bridgehead atoms. The Balaban J connectivity index is 1.30. The Morgan fingerprint density at radius 3 is 2.64 bits per heavy atom. The Bertz CT molecular complexity index is 2430. The number of nitrogens with one attached hydrogen (secondary N) is 3. The van der Waals surface area contributed by atoms with E-state index < -0.39 is 22.8 Å². The van der Waals surface area contributed by atoms with Gasteiger partial charge in [0.25, 0.3) is 0 Å². The zero-order valence-electron chi connectivity index (χ0n) is 28.3. The second-order valence-corrected chi connectivity index (χ2v) is 13.4. The fourth-order valence-corrected chi connectivity index (χ4v) is 6.91. The van der Waals surface area contributed by atoms with Crippen molar-refractivity contribution in [2.75, 3.05) is 23.8 Å².